The molecule has 2 aliphatic heterocycles. The lowest BCUT2D eigenvalue weighted by Gasteiger charge is -2.34. The maximum absolute atomic E-state index is 5.38. The van der Waals surface area contributed by atoms with Gasteiger partial charge >= 0.3 is 0 Å². The molecule has 2 saturated heterocycles. The molecule has 2 fully saturated rings. The normalized spacial score (nSPS) is 33.0. The third-order valence-electron chi connectivity index (χ3n) is 5.49. The van der Waals surface area contributed by atoms with Crippen molar-refractivity contribution in [3.05, 3.63) is 29.3 Å². The second-order valence-electron chi connectivity index (χ2n) is 6.61. The Kier molecular flexibility index (Phi) is 3.20. The summed E-state index contributed by atoms with van der Waals surface area (Å²) in [6.45, 7) is 5.02. The molecule has 0 bridgehead atoms. The molecule has 1 aromatic rings. The minimum Gasteiger partial charge on any atom is -0.497 e. The largest absolute Gasteiger partial charge is 0.497 e. The number of rotatable bonds is 2. The van der Waals surface area contributed by atoms with Gasteiger partial charge in [0.25, 0.3) is 0 Å². The van der Waals surface area contributed by atoms with Crippen LogP contribution in [0.4, 0.5) is 0 Å². The highest BCUT2D eigenvalue weighted by molar-refractivity contribution is 5.39. The Labute approximate surface area is 121 Å². The predicted molar refractivity (Wildman–Crippen MR) is 80.1 cm³/mol. The Balaban J connectivity index is 1.59. The molecular formula is C17H24N2O. The predicted octanol–water partition coefficient (Wildman–Crippen LogP) is 2.22. The van der Waals surface area contributed by atoms with Gasteiger partial charge in [-0.25, -0.2) is 0 Å². The molecule has 3 atom stereocenters. The molecule has 1 aromatic carbocycles. The van der Waals surface area contributed by atoms with Crippen LogP contribution in [-0.4, -0.2) is 38.2 Å². The van der Waals surface area contributed by atoms with Crippen LogP contribution in [0, 0.1) is 11.8 Å². The molecule has 3 nitrogen and oxygen atoms in total. The molecule has 3 unspecified atom stereocenters. The Morgan fingerprint density at radius 3 is 2.75 bits per heavy atom. The topological polar surface area (TPSA) is 24.5 Å². The lowest BCUT2D eigenvalue weighted by Crippen LogP contribution is -2.32. The lowest BCUT2D eigenvalue weighted by molar-refractivity contribution is 0.206. The maximum atomic E-state index is 5.38. The number of methoxy groups -OCH3 is 1. The zero-order valence-corrected chi connectivity index (χ0v) is 12.3. The summed E-state index contributed by atoms with van der Waals surface area (Å²) in [5, 5.41) is 3.54. The van der Waals surface area contributed by atoms with E-state index in [2.05, 4.69) is 28.4 Å². The molecule has 1 aliphatic carbocycles. The van der Waals surface area contributed by atoms with Gasteiger partial charge < -0.3 is 10.1 Å². The first kappa shape index (κ1) is 12.7. The number of fused-ring (bicyclic) bond motifs is 2. The van der Waals surface area contributed by atoms with Crippen LogP contribution in [0.1, 0.15) is 30.0 Å². The molecule has 0 saturated carbocycles. The highest BCUT2D eigenvalue weighted by atomic mass is 16.5. The fraction of sp³-hybridized carbons (Fsp3) is 0.647. The van der Waals surface area contributed by atoms with Crippen molar-refractivity contribution in [1.82, 2.24) is 10.2 Å². The van der Waals surface area contributed by atoms with Crippen molar-refractivity contribution in [2.24, 2.45) is 11.8 Å². The van der Waals surface area contributed by atoms with Crippen molar-refractivity contribution in [2.75, 3.05) is 33.3 Å². The number of nitrogens with one attached hydrogen (secondary N) is 1. The molecule has 0 spiro atoms. The summed E-state index contributed by atoms with van der Waals surface area (Å²) in [5.41, 5.74) is 3.07. The van der Waals surface area contributed by atoms with Gasteiger partial charge in [-0.1, -0.05) is 6.07 Å². The molecule has 3 aliphatic rings. The van der Waals surface area contributed by atoms with E-state index in [-0.39, 0.29) is 0 Å². The SMILES string of the molecule is COc1ccc2c(c1)CCCC2N1CC2CNCC2C1. The highest BCUT2D eigenvalue weighted by Crippen LogP contribution is 2.40. The van der Waals surface area contributed by atoms with E-state index in [1.54, 1.807) is 12.7 Å². The van der Waals surface area contributed by atoms with Crippen molar-refractivity contribution in [3.63, 3.8) is 0 Å². The van der Waals surface area contributed by atoms with Crippen LogP contribution in [0.15, 0.2) is 18.2 Å². The van der Waals surface area contributed by atoms with Crippen LogP contribution >= 0.6 is 0 Å². The summed E-state index contributed by atoms with van der Waals surface area (Å²) in [6.07, 6.45) is 3.85. The van der Waals surface area contributed by atoms with Gasteiger partial charge in [0.2, 0.25) is 0 Å². The standard InChI is InChI=1S/C17H24N2O/c1-20-15-5-6-16-12(7-15)3-2-4-17(16)19-10-13-8-18-9-14(13)11-19/h5-7,13-14,17-18H,2-4,8-11H2,1H3. The van der Waals surface area contributed by atoms with E-state index in [9.17, 15) is 0 Å². The van der Waals surface area contributed by atoms with Crippen LogP contribution in [0.5, 0.6) is 5.75 Å². The first-order chi connectivity index (χ1) is 9.85. The van der Waals surface area contributed by atoms with Gasteiger partial charge in [-0.3, -0.25) is 4.90 Å². The van der Waals surface area contributed by atoms with Crippen LogP contribution in [-0.2, 0) is 6.42 Å². The first-order valence-corrected chi connectivity index (χ1v) is 7.96. The molecule has 4 rings (SSSR count). The van der Waals surface area contributed by atoms with E-state index in [4.69, 9.17) is 4.74 Å². The Hall–Kier alpha value is -1.06. The zero-order valence-electron chi connectivity index (χ0n) is 12.3. The first-order valence-electron chi connectivity index (χ1n) is 7.96. The summed E-state index contributed by atoms with van der Waals surface area (Å²) in [5.74, 6) is 2.78. The van der Waals surface area contributed by atoms with Gasteiger partial charge in [0.05, 0.1) is 7.11 Å². The molecule has 108 valence electrons. The fourth-order valence-electron chi connectivity index (χ4n) is 4.42. The minimum absolute atomic E-state index is 0.648. The van der Waals surface area contributed by atoms with E-state index in [0.29, 0.717) is 6.04 Å². The average molecular weight is 272 g/mol. The lowest BCUT2D eigenvalue weighted by atomic mass is 9.86. The van der Waals surface area contributed by atoms with Crippen molar-refractivity contribution >= 4 is 0 Å². The molecule has 0 amide bonds. The van der Waals surface area contributed by atoms with E-state index in [1.807, 2.05) is 0 Å². The molecule has 0 radical (unpaired) electrons. The molecule has 2 heterocycles. The van der Waals surface area contributed by atoms with E-state index >= 15 is 0 Å². The third kappa shape index (κ3) is 2.04. The molecule has 0 aromatic heterocycles. The van der Waals surface area contributed by atoms with Crippen LogP contribution in [0.3, 0.4) is 0 Å². The van der Waals surface area contributed by atoms with Crippen molar-refractivity contribution in [1.29, 1.82) is 0 Å². The van der Waals surface area contributed by atoms with Gasteiger partial charge in [-0.15, -0.1) is 0 Å². The number of aryl methyl sites for hydroxylation is 1. The van der Waals surface area contributed by atoms with Crippen molar-refractivity contribution in [2.45, 2.75) is 25.3 Å². The van der Waals surface area contributed by atoms with E-state index in [0.717, 1.165) is 17.6 Å². The fourth-order valence-corrected chi connectivity index (χ4v) is 4.42. The maximum Gasteiger partial charge on any atom is 0.119 e. The summed E-state index contributed by atoms with van der Waals surface area (Å²) < 4.78 is 5.38. The number of hydrogen-bond acceptors (Lipinski definition) is 3. The second kappa shape index (κ2) is 5.05. The number of ether oxygens (including phenoxy) is 1. The highest BCUT2D eigenvalue weighted by Gasteiger charge is 2.39. The smallest absolute Gasteiger partial charge is 0.119 e. The molecular weight excluding hydrogens is 248 g/mol. The van der Waals surface area contributed by atoms with E-state index < -0.39 is 0 Å². The Morgan fingerprint density at radius 1 is 1.20 bits per heavy atom. The van der Waals surface area contributed by atoms with Gasteiger partial charge in [0.1, 0.15) is 5.75 Å². The zero-order chi connectivity index (χ0) is 13.5. The van der Waals surface area contributed by atoms with Crippen LogP contribution < -0.4 is 10.1 Å². The number of likely N-dealkylation sites (tertiary alicyclic amines) is 1. The third-order valence-corrected chi connectivity index (χ3v) is 5.49. The van der Waals surface area contributed by atoms with Crippen LogP contribution in [0.2, 0.25) is 0 Å². The summed E-state index contributed by atoms with van der Waals surface area (Å²) in [7, 11) is 1.76. The van der Waals surface area contributed by atoms with Gasteiger partial charge in [-0.05, 0) is 67.4 Å². The van der Waals surface area contributed by atoms with Gasteiger partial charge in [0, 0.05) is 19.1 Å². The van der Waals surface area contributed by atoms with Crippen molar-refractivity contribution < 1.29 is 4.74 Å². The van der Waals surface area contributed by atoms with Crippen LogP contribution in [0.25, 0.3) is 0 Å². The number of hydrogen-bond donors (Lipinski definition) is 1. The Bertz CT molecular complexity index is 490. The van der Waals surface area contributed by atoms with E-state index in [1.165, 1.54) is 51.0 Å². The molecule has 20 heavy (non-hydrogen) atoms. The number of benzene rings is 1. The summed E-state index contributed by atoms with van der Waals surface area (Å²) in [4.78, 5) is 2.75. The van der Waals surface area contributed by atoms with Gasteiger partial charge in [0.15, 0.2) is 0 Å². The summed E-state index contributed by atoms with van der Waals surface area (Å²) >= 11 is 0. The Morgan fingerprint density at radius 2 is 2.00 bits per heavy atom. The summed E-state index contributed by atoms with van der Waals surface area (Å²) in [6, 6.07) is 7.34. The van der Waals surface area contributed by atoms with Gasteiger partial charge in [-0.2, -0.15) is 0 Å². The second-order valence-corrected chi connectivity index (χ2v) is 6.61. The number of nitrogens with zero attached hydrogens (tertiary/aromatic N) is 1. The van der Waals surface area contributed by atoms with Crippen molar-refractivity contribution in [3.8, 4) is 5.75 Å². The average Bonchev–Trinajstić information content (AvgIpc) is 3.07. The minimum atomic E-state index is 0.648. The molecule has 3 heteroatoms. The quantitative estimate of drug-likeness (QED) is 0.893. The monoisotopic (exact) mass is 272 g/mol. The molecule has 1 N–H and O–H groups in total.